The highest BCUT2D eigenvalue weighted by Crippen LogP contribution is 2.28. The van der Waals surface area contributed by atoms with Crippen LogP contribution in [0.4, 0.5) is 0 Å². The van der Waals surface area contributed by atoms with Gasteiger partial charge in [0.1, 0.15) is 0 Å². The van der Waals surface area contributed by atoms with Crippen LogP contribution in [0.1, 0.15) is 48.3 Å². The van der Waals surface area contributed by atoms with E-state index in [-0.39, 0.29) is 0 Å². The van der Waals surface area contributed by atoms with E-state index in [9.17, 15) is 5.11 Å². The fourth-order valence-electron chi connectivity index (χ4n) is 3.74. The molecule has 1 N–H and O–H groups in total. The molecule has 3 aromatic rings. The number of likely N-dealkylation sites (tertiary alicyclic amines) is 1. The summed E-state index contributed by atoms with van der Waals surface area (Å²) in [6.45, 7) is 1.62. The van der Waals surface area contributed by atoms with Gasteiger partial charge in [-0.25, -0.2) is 0 Å². The zero-order chi connectivity index (χ0) is 18.6. The number of hydrogen-bond acceptors (Lipinski definition) is 6. The summed E-state index contributed by atoms with van der Waals surface area (Å²) in [6, 6.07) is 10.4. The van der Waals surface area contributed by atoms with E-state index in [0.717, 1.165) is 30.5 Å². The molecular formula is C20H25N5O2. The quantitative estimate of drug-likeness (QED) is 0.691. The van der Waals surface area contributed by atoms with Crippen LogP contribution in [0.25, 0.3) is 0 Å². The molecule has 1 fully saturated rings. The molecule has 1 saturated heterocycles. The van der Waals surface area contributed by atoms with Gasteiger partial charge in [-0.15, -0.1) is 10.2 Å². The minimum absolute atomic E-state index is 0.310. The van der Waals surface area contributed by atoms with Crippen LogP contribution in [0, 0.1) is 0 Å². The van der Waals surface area contributed by atoms with Crippen molar-refractivity contribution in [2.24, 2.45) is 7.05 Å². The van der Waals surface area contributed by atoms with E-state index in [0.29, 0.717) is 37.2 Å². The largest absolute Gasteiger partial charge is 0.424 e. The number of hydrogen-bond donors (Lipinski definition) is 1. The van der Waals surface area contributed by atoms with Gasteiger partial charge in [0.2, 0.25) is 11.8 Å². The molecule has 2 atom stereocenters. The fraction of sp³-hybridized carbons (Fsp3) is 0.450. The second-order valence-corrected chi connectivity index (χ2v) is 7.22. The van der Waals surface area contributed by atoms with Crippen LogP contribution in [-0.4, -0.2) is 42.6 Å². The highest BCUT2D eigenvalue weighted by atomic mass is 16.4. The molecule has 0 amide bonds. The topological polar surface area (TPSA) is 80.2 Å². The van der Waals surface area contributed by atoms with Gasteiger partial charge in [-0.3, -0.25) is 9.58 Å². The predicted octanol–water partition coefficient (Wildman–Crippen LogP) is 2.48. The Labute approximate surface area is 158 Å². The Morgan fingerprint density at radius 1 is 1.22 bits per heavy atom. The van der Waals surface area contributed by atoms with Gasteiger partial charge in [0.25, 0.3) is 0 Å². The Morgan fingerprint density at radius 2 is 2.04 bits per heavy atom. The number of nitrogens with zero attached hydrogens (tertiary/aromatic N) is 5. The lowest BCUT2D eigenvalue weighted by Crippen LogP contribution is -2.30. The summed E-state index contributed by atoms with van der Waals surface area (Å²) in [5.74, 6) is 1.28. The minimum Gasteiger partial charge on any atom is -0.424 e. The molecule has 7 heteroatoms. The van der Waals surface area contributed by atoms with Crippen LogP contribution in [0.15, 0.2) is 47.1 Å². The van der Waals surface area contributed by atoms with Crippen LogP contribution in [-0.2, 0) is 20.0 Å². The molecule has 0 spiro atoms. The van der Waals surface area contributed by atoms with Gasteiger partial charge in [-0.1, -0.05) is 30.3 Å². The van der Waals surface area contributed by atoms with Gasteiger partial charge >= 0.3 is 0 Å². The number of benzene rings is 1. The van der Waals surface area contributed by atoms with Crippen molar-refractivity contribution in [2.45, 2.75) is 44.4 Å². The zero-order valence-electron chi connectivity index (χ0n) is 15.5. The highest BCUT2D eigenvalue weighted by Gasteiger charge is 2.28. The van der Waals surface area contributed by atoms with Crippen molar-refractivity contribution < 1.29 is 9.52 Å². The molecule has 142 valence electrons. The zero-order valence-corrected chi connectivity index (χ0v) is 15.5. The van der Waals surface area contributed by atoms with Crippen molar-refractivity contribution in [3.8, 4) is 0 Å². The summed E-state index contributed by atoms with van der Waals surface area (Å²) in [4.78, 5) is 2.33. The number of aromatic nitrogens is 4. The Hall–Kier alpha value is -2.51. The summed E-state index contributed by atoms with van der Waals surface area (Å²) in [7, 11) is 1.86. The molecule has 7 nitrogen and oxygen atoms in total. The average molecular weight is 367 g/mol. The van der Waals surface area contributed by atoms with Crippen LogP contribution in [0.5, 0.6) is 0 Å². The molecule has 2 aromatic heterocycles. The Bertz CT molecular complexity index is 860. The molecular weight excluding hydrogens is 342 g/mol. The summed E-state index contributed by atoms with van der Waals surface area (Å²) in [5, 5.41) is 23.1. The van der Waals surface area contributed by atoms with Crippen LogP contribution in [0.3, 0.4) is 0 Å². The first-order valence-corrected chi connectivity index (χ1v) is 9.43. The lowest BCUT2D eigenvalue weighted by molar-refractivity contribution is 0.113. The lowest BCUT2D eigenvalue weighted by atomic mass is 10.0. The first kappa shape index (κ1) is 17.9. The van der Waals surface area contributed by atoms with Crippen molar-refractivity contribution in [3.63, 3.8) is 0 Å². The van der Waals surface area contributed by atoms with E-state index in [2.05, 4.69) is 32.3 Å². The minimum atomic E-state index is -0.499. The third kappa shape index (κ3) is 4.43. The Kier molecular flexibility index (Phi) is 5.31. The summed E-state index contributed by atoms with van der Waals surface area (Å²) in [5.41, 5.74) is 2.03. The number of aryl methyl sites for hydroxylation is 1. The third-order valence-corrected chi connectivity index (χ3v) is 5.15. The van der Waals surface area contributed by atoms with E-state index >= 15 is 0 Å². The molecule has 0 bridgehead atoms. The molecule has 1 aliphatic heterocycles. The summed E-state index contributed by atoms with van der Waals surface area (Å²) in [6.07, 6.45) is 6.64. The molecule has 27 heavy (non-hydrogen) atoms. The van der Waals surface area contributed by atoms with E-state index in [4.69, 9.17) is 4.42 Å². The van der Waals surface area contributed by atoms with E-state index in [1.165, 1.54) is 0 Å². The molecule has 1 aromatic carbocycles. The highest BCUT2D eigenvalue weighted by molar-refractivity contribution is 5.17. The molecule has 0 saturated carbocycles. The monoisotopic (exact) mass is 367 g/mol. The van der Waals surface area contributed by atoms with Crippen molar-refractivity contribution in [3.05, 3.63) is 65.6 Å². The van der Waals surface area contributed by atoms with Crippen molar-refractivity contribution >= 4 is 0 Å². The Morgan fingerprint density at radius 3 is 2.81 bits per heavy atom. The van der Waals surface area contributed by atoms with Gasteiger partial charge in [0.05, 0.1) is 25.3 Å². The van der Waals surface area contributed by atoms with E-state index < -0.39 is 6.10 Å². The second kappa shape index (κ2) is 8.02. The van der Waals surface area contributed by atoms with Crippen LogP contribution >= 0.6 is 0 Å². The normalized spacial score (nSPS) is 18.8. The first-order valence-electron chi connectivity index (χ1n) is 9.43. The molecule has 3 heterocycles. The van der Waals surface area contributed by atoms with Gasteiger partial charge in [0, 0.05) is 24.8 Å². The average Bonchev–Trinajstić information content (AvgIpc) is 3.39. The molecule has 0 unspecified atom stereocenters. The fourth-order valence-corrected chi connectivity index (χ4v) is 3.74. The number of aliphatic hydroxyl groups is 1. The summed E-state index contributed by atoms with van der Waals surface area (Å²) >= 11 is 0. The summed E-state index contributed by atoms with van der Waals surface area (Å²) < 4.78 is 7.57. The maximum atomic E-state index is 10.5. The van der Waals surface area contributed by atoms with E-state index in [1.54, 1.807) is 10.9 Å². The SMILES string of the molecule is Cn1cc([C@@H](O)C[C@H]2CCCN2Cc2nnc(Cc3ccccc3)o2)cn1. The van der Waals surface area contributed by atoms with Gasteiger partial charge < -0.3 is 9.52 Å². The Balaban J connectivity index is 1.35. The van der Waals surface area contributed by atoms with Crippen molar-refractivity contribution in [2.75, 3.05) is 6.54 Å². The number of aliphatic hydroxyl groups excluding tert-OH is 1. The van der Waals surface area contributed by atoms with Crippen molar-refractivity contribution in [1.29, 1.82) is 0 Å². The van der Waals surface area contributed by atoms with Crippen LogP contribution < -0.4 is 0 Å². The molecule has 0 aliphatic carbocycles. The molecule has 0 radical (unpaired) electrons. The maximum Gasteiger partial charge on any atom is 0.230 e. The second-order valence-electron chi connectivity index (χ2n) is 7.22. The van der Waals surface area contributed by atoms with Crippen molar-refractivity contribution in [1.82, 2.24) is 24.9 Å². The van der Waals surface area contributed by atoms with Gasteiger partial charge in [-0.2, -0.15) is 5.10 Å². The van der Waals surface area contributed by atoms with Gasteiger partial charge in [-0.05, 0) is 31.4 Å². The molecule has 4 rings (SSSR count). The van der Waals surface area contributed by atoms with E-state index in [1.807, 2.05) is 31.4 Å². The maximum absolute atomic E-state index is 10.5. The lowest BCUT2D eigenvalue weighted by Gasteiger charge is -2.24. The van der Waals surface area contributed by atoms with Gasteiger partial charge in [0.15, 0.2) is 0 Å². The third-order valence-electron chi connectivity index (χ3n) is 5.15. The standard InChI is InChI=1S/C20H25N5O2/c1-24-13-16(12-21-24)18(26)11-17-8-5-9-25(17)14-20-23-22-19(27-20)10-15-6-3-2-4-7-15/h2-4,6-7,12-13,17-18,26H,5,8-11,14H2,1H3/t17-,18+/m1/s1. The van der Waals surface area contributed by atoms with Crippen LogP contribution in [0.2, 0.25) is 0 Å². The predicted molar refractivity (Wildman–Crippen MR) is 99.8 cm³/mol. The number of rotatable bonds is 7. The smallest absolute Gasteiger partial charge is 0.230 e. The molecule has 1 aliphatic rings. The first-order chi connectivity index (χ1) is 13.2.